The van der Waals surface area contributed by atoms with Crippen molar-refractivity contribution in [1.82, 2.24) is 0 Å². The van der Waals surface area contributed by atoms with E-state index in [4.69, 9.17) is 0 Å². The highest BCUT2D eigenvalue weighted by Gasteiger charge is 2.21. The van der Waals surface area contributed by atoms with Crippen molar-refractivity contribution in [2.24, 2.45) is 0 Å². The maximum Gasteiger partial charge on any atom is 0.323 e. The number of nitrogens with zero attached hydrogens (tertiary/aromatic N) is 1. The number of urea groups is 1. The van der Waals surface area contributed by atoms with Crippen LogP contribution in [0.15, 0.2) is 41.3 Å². The number of thioether (sulfide) groups is 1. The standard InChI is InChI=1S/C18H19N3O2S/c1-11-4-5-12(2)14(8-11)20-18(23)19-13-6-7-16-15(9-13)21(3)17(22)10-24-16/h4-9H,10H2,1-3H3,(H2,19,20,23). The Hall–Kier alpha value is -2.47. The lowest BCUT2D eigenvalue weighted by Gasteiger charge is -2.25. The summed E-state index contributed by atoms with van der Waals surface area (Å²) in [4.78, 5) is 26.7. The fourth-order valence-corrected chi connectivity index (χ4v) is 3.49. The fourth-order valence-electron chi connectivity index (χ4n) is 2.51. The number of rotatable bonds is 2. The van der Waals surface area contributed by atoms with E-state index >= 15 is 0 Å². The van der Waals surface area contributed by atoms with Crippen molar-refractivity contribution in [2.45, 2.75) is 18.7 Å². The van der Waals surface area contributed by atoms with Crippen molar-refractivity contribution >= 4 is 40.8 Å². The number of nitrogens with one attached hydrogen (secondary N) is 2. The molecule has 5 nitrogen and oxygen atoms in total. The second-order valence-electron chi connectivity index (χ2n) is 5.82. The second-order valence-corrected chi connectivity index (χ2v) is 6.84. The zero-order valence-corrected chi connectivity index (χ0v) is 14.7. The van der Waals surface area contributed by atoms with E-state index in [9.17, 15) is 9.59 Å². The summed E-state index contributed by atoms with van der Waals surface area (Å²) < 4.78 is 0. The average Bonchev–Trinajstić information content (AvgIpc) is 2.55. The smallest absolute Gasteiger partial charge is 0.314 e. The van der Waals surface area contributed by atoms with E-state index in [2.05, 4.69) is 10.6 Å². The quantitative estimate of drug-likeness (QED) is 0.867. The summed E-state index contributed by atoms with van der Waals surface area (Å²) in [7, 11) is 1.75. The van der Waals surface area contributed by atoms with Gasteiger partial charge in [-0.05, 0) is 49.2 Å². The van der Waals surface area contributed by atoms with Crippen LogP contribution in [-0.2, 0) is 4.79 Å². The first-order valence-corrected chi connectivity index (χ1v) is 8.61. The molecule has 0 saturated carbocycles. The molecule has 0 saturated heterocycles. The molecule has 0 atom stereocenters. The summed E-state index contributed by atoms with van der Waals surface area (Å²) in [6.07, 6.45) is 0. The molecule has 6 heteroatoms. The van der Waals surface area contributed by atoms with Gasteiger partial charge in [-0.2, -0.15) is 0 Å². The van der Waals surface area contributed by atoms with Crippen molar-refractivity contribution in [1.29, 1.82) is 0 Å². The molecule has 0 spiro atoms. The highest BCUT2D eigenvalue weighted by atomic mass is 32.2. The third-order valence-corrected chi connectivity index (χ3v) is 4.99. The minimum absolute atomic E-state index is 0.0597. The third-order valence-electron chi connectivity index (χ3n) is 3.94. The van der Waals surface area contributed by atoms with Crippen LogP contribution in [0, 0.1) is 13.8 Å². The monoisotopic (exact) mass is 341 g/mol. The van der Waals surface area contributed by atoms with Gasteiger partial charge in [-0.3, -0.25) is 4.79 Å². The molecule has 1 heterocycles. The van der Waals surface area contributed by atoms with Crippen LogP contribution in [0.4, 0.5) is 21.9 Å². The predicted molar refractivity (Wildman–Crippen MR) is 99.1 cm³/mol. The molecule has 0 unspecified atom stereocenters. The van der Waals surface area contributed by atoms with Crippen LogP contribution in [0.1, 0.15) is 11.1 Å². The zero-order chi connectivity index (χ0) is 17.3. The largest absolute Gasteiger partial charge is 0.323 e. The summed E-state index contributed by atoms with van der Waals surface area (Å²) in [6.45, 7) is 3.93. The van der Waals surface area contributed by atoms with Crippen molar-refractivity contribution in [3.05, 3.63) is 47.5 Å². The SMILES string of the molecule is Cc1ccc(C)c(NC(=O)Nc2ccc3c(c2)N(C)C(=O)CS3)c1. The lowest BCUT2D eigenvalue weighted by atomic mass is 10.1. The first-order chi connectivity index (χ1) is 11.4. The molecule has 0 aromatic heterocycles. The lowest BCUT2D eigenvalue weighted by molar-refractivity contribution is -0.116. The van der Waals surface area contributed by atoms with E-state index in [1.165, 1.54) is 11.8 Å². The molecule has 3 amide bonds. The van der Waals surface area contributed by atoms with Gasteiger partial charge in [0.1, 0.15) is 0 Å². The van der Waals surface area contributed by atoms with Crippen LogP contribution in [0.2, 0.25) is 0 Å². The predicted octanol–water partition coefficient (Wildman–Crippen LogP) is 4.02. The molecule has 1 aliphatic rings. The van der Waals surface area contributed by atoms with E-state index in [0.29, 0.717) is 11.4 Å². The number of aryl methyl sites for hydroxylation is 2. The summed E-state index contributed by atoms with van der Waals surface area (Å²) >= 11 is 1.51. The molecular weight excluding hydrogens is 322 g/mol. The molecule has 124 valence electrons. The second kappa shape index (κ2) is 6.57. The first kappa shape index (κ1) is 16.4. The van der Waals surface area contributed by atoms with Crippen molar-refractivity contribution < 1.29 is 9.59 Å². The van der Waals surface area contributed by atoms with Gasteiger partial charge in [0.15, 0.2) is 0 Å². The number of hydrogen-bond donors (Lipinski definition) is 2. The highest BCUT2D eigenvalue weighted by Crippen LogP contribution is 2.36. The van der Waals surface area contributed by atoms with Crippen molar-refractivity contribution in [3.63, 3.8) is 0 Å². The summed E-state index contributed by atoms with van der Waals surface area (Å²) in [5.41, 5.74) is 4.34. The maximum atomic E-state index is 12.3. The van der Waals surface area contributed by atoms with Gasteiger partial charge in [0.25, 0.3) is 0 Å². The number of anilines is 3. The summed E-state index contributed by atoms with van der Waals surface area (Å²) in [5, 5.41) is 5.69. The summed E-state index contributed by atoms with van der Waals surface area (Å²) in [6, 6.07) is 11.2. The zero-order valence-electron chi connectivity index (χ0n) is 13.8. The molecule has 0 bridgehead atoms. The van der Waals surface area contributed by atoms with Gasteiger partial charge < -0.3 is 15.5 Å². The van der Waals surface area contributed by atoms with E-state index in [1.807, 2.05) is 50.2 Å². The molecule has 3 rings (SSSR count). The maximum absolute atomic E-state index is 12.3. The van der Waals surface area contributed by atoms with Crippen LogP contribution in [0.3, 0.4) is 0 Å². The molecule has 0 radical (unpaired) electrons. The number of hydrogen-bond acceptors (Lipinski definition) is 3. The molecule has 1 aliphatic heterocycles. The Kier molecular flexibility index (Phi) is 4.49. The molecular formula is C18H19N3O2S. The molecule has 2 N–H and O–H groups in total. The minimum Gasteiger partial charge on any atom is -0.314 e. The normalized spacial score (nSPS) is 13.5. The van der Waals surface area contributed by atoms with Gasteiger partial charge in [0, 0.05) is 23.3 Å². The number of benzene rings is 2. The Morgan fingerprint density at radius 2 is 1.92 bits per heavy atom. The van der Waals surface area contributed by atoms with E-state index in [0.717, 1.165) is 27.4 Å². The Balaban J connectivity index is 1.75. The van der Waals surface area contributed by atoms with Gasteiger partial charge >= 0.3 is 6.03 Å². The number of fused-ring (bicyclic) bond motifs is 1. The molecule has 0 aliphatic carbocycles. The van der Waals surface area contributed by atoms with Crippen LogP contribution >= 0.6 is 11.8 Å². The highest BCUT2D eigenvalue weighted by molar-refractivity contribution is 8.00. The van der Waals surface area contributed by atoms with Gasteiger partial charge in [0.05, 0.1) is 11.4 Å². The molecule has 2 aromatic carbocycles. The lowest BCUT2D eigenvalue weighted by Crippen LogP contribution is -2.31. The molecule has 0 fully saturated rings. The van der Waals surface area contributed by atoms with Gasteiger partial charge in [0.2, 0.25) is 5.91 Å². The molecule has 24 heavy (non-hydrogen) atoms. The van der Waals surface area contributed by atoms with Gasteiger partial charge in [-0.15, -0.1) is 11.8 Å². The first-order valence-electron chi connectivity index (χ1n) is 7.63. The fraction of sp³-hybridized carbons (Fsp3) is 0.222. The van der Waals surface area contributed by atoms with Gasteiger partial charge in [-0.1, -0.05) is 12.1 Å². The van der Waals surface area contributed by atoms with Crippen LogP contribution in [0.5, 0.6) is 0 Å². The van der Waals surface area contributed by atoms with Gasteiger partial charge in [-0.25, -0.2) is 4.79 Å². The third kappa shape index (κ3) is 3.38. The Morgan fingerprint density at radius 1 is 1.12 bits per heavy atom. The number of carbonyl (C=O) groups excluding carboxylic acids is 2. The van der Waals surface area contributed by atoms with E-state index < -0.39 is 0 Å². The number of carbonyl (C=O) groups is 2. The molecule has 2 aromatic rings. The van der Waals surface area contributed by atoms with Crippen LogP contribution in [-0.4, -0.2) is 24.7 Å². The van der Waals surface area contributed by atoms with Crippen molar-refractivity contribution in [2.75, 3.05) is 28.3 Å². The topological polar surface area (TPSA) is 61.4 Å². The number of amides is 3. The Labute approximate surface area is 145 Å². The van der Waals surface area contributed by atoms with Crippen LogP contribution < -0.4 is 15.5 Å². The minimum atomic E-state index is -0.305. The van der Waals surface area contributed by atoms with Crippen molar-refractivity contribution in [3.8, 4) is 0 Å². The summed E-state index contributed by atoms with van der Waals surface area (Å²) in [5.74, 6) is 0.508. The van der Waals surface area contributed by atoms with E-state index in [-0.39, 0.29) is 11.9 Å². The van der Waals surface area contributed by atoms with E-state index in [1.54, 1.807) is 11.9 Å². The average molecular weight is 341 g/mol. The Bertz CT molecular complexity index is 820. The Morgan fingerprint density at radius 3 is 2.71 bits per heavy atom. The van der Waals surface area contributed by atoms with Crippen LogP contribution in [0.25, 0.3) is 0 Å².